The van der Waals surface area contributed by atoms with E-state index in [-0.39, 0.29) is 11.9 Å². The number of amides is 1. The first-order chi connectivity index (χ1) is 11.0. The largest absolute Gasteiger partial charge is 0.497 e. The average molecular weight is 320 g/mol. The molecule has 1 N–H and O–H groups in total. The van der Waals surface area contributed by atoms with Crippen molar-refractivity contribution in [3.05, 3.63) is 23.8 Å². The summed E-state index contributed by atoms with van der Waals surface area (Å²) in [6.45, 7) is 6.71. The zero-order chi connectivity index (χ0) is 16.8. The molecule has 1 aliphatic heterocycles. The second-order valence-corrected chi connectivity index (χ2v) is 6.36. The van der Waals surface area contributed by atoms with Crippen LogP contribution in [0, 0.1) is 5.92 Å². The molecule has 5 heteroatoms. The van der Waals surface area contributed by atoms with Crippen molar-refractivity contribution in [1.82, 2.24) is 10.2 Å². The van der Waals surface area contributed by atoms with Crippen LogP contribution in [0.5, 0.6) is 11.5 Å². The minimum absolute atomic E-state index is 0.0527. The van der Waals surface area contributed by atoms with E-state index in [1.54, 1.807) is 14.2 Å². The second kappa shape index (κ2) is 8.20. The van der Waals surface area contributed by atoms with Gasteiger partial charge in [0.1, 0.15) is 11.5 Å². The van der Waals surface area contributed by atoms with Gasteiger partial charge in [0.2, 0.25) is 5.91 Å². The highest BCUT2D eigenvalue weighted by molar-refractivity contribution is 5.78. The zero-order valence-corrected chi connectivity index (χ0v) is 14.6. The number of likely N-dealkylation sites (tertiary alicyclic amines) is 1. The van der Waals surface area contributed by atoms with Crippen LogP contribution in [0.4, 0.5) is 0 Å². The summed E-state index contributed by atoms with van der Waals surface area (Å²) >= 11 is 0. The average Bonchev–Trinajstić information content (AvgIpc) is 2.56. The van der Waals surface area contributed by atoms with Crippen molar-refractivity contribution in [2.45, 2.75) is 32.7 Å². The molecule has 1 aliphatic rings. The van der Waals surface area contributed by atoms with E-state index < -0.39 is 0 Å². The number of nitrogens with zero attached hydrogens (tertiary/aromatic N) is 1. The summed E-state index contributed by atoms with van der Waals surface area (Å²) in [4.78, 5) is 14.5. The number of ether oxygens (including phenoxy) is 2. The highest BCUT2D eigenvalue weighted by atomic mass is 16.5. The lowest BCUT2D eigenvalue weighted by atomic mass is 9.99. The van der Waals surface area contributed by atoms with Gasteiger partial charge in [-0.1, -0.05) is 6.92 Å². The van der Waals surface area contributed by atoms with Crippen LogP contribution in [0.1, 0.15) is 38.3 Å². The third-order valence-corrected chi connectivity index (χ3v) is 4.52. The molecule has 0 unspecified atom stereocenters. The highest BCUT2D eigenvalue weighted by Crippen LogP contribution is 2.29. The van der Waals surface area contributed by atoms with E-state index in [4.69, 9.17) is 9.47 Å². The molecule has 1 saturated heterocycles. The second-order valence-electron chi connectivity index (χ2n) is 6.36. The molecule has 0 aliphatic carbocycles. The van der Waals surface area contributed by atoms with E-state index in [0.717, 1.165) is 36.1 Å². The number of nitrogens with one attached hydrogen (secondary N) is 1. The highest BCUT2D eigenvalue weighted by Gasteiger charge is 2.20. The predicted molar refractivity (Wildman–Crippen MR) is 90.9 cm³/mol. The molecular weight excluding hydrogens is 292 g/mol. The van der Waals surface area contributed by atoms with Crippen LogP contribution < -0.4 is 14.8 Å². The molecule has 1 aromatic rings. The van der Waals surface area contributed by atoms with Crippen LogP contribution in [0.15, 0.2) is 18.2 Å². The standard InChI is InChI=1S/C18H28N2O3/c1-13-7-9-20(10-8-13)12-18(21)19-14(2)16-11-15(22-3)5-6-17(16)23-4/h5-6,11,13-14H,7-10,12H2,1-4H3,(H,19,21)/t14-/m1/s1. The first-order valence-corrected chi connectivity index (χ1v) is 8.27. The van der Waals surface area contributed by atoms with Gasteiger partial charge in [0.05, 0.1) is 26.8 Å². The zero-order valence-electron chi connectivity index (χ0n) is 14.6. The first kappa shape index (κ1) is 17.6. The molecule has 0 bridgehead atoms. The lowest BCUT2D eigenvalue weighted by molar-refractivity contribution is -0.123. The molecule has 0 aromatic heterocycles. The quantitative estimate of drug-likeness (QED) is 0.875. The van der Waals surface area contributed by atoms with Gasteiger partial charge in [0.25, 0.3) is 0 Å². The fraction of sp³-hybridized carbons (Fsp3) is 0.611. The third-order valence-electron chi connectivity index (χ3n) is 4.52. The summed E-state index contributed by atoms with van der Waals surface area (Å²) in [7, 11) is 3.26. The van der Waals surface area contributed by atoms with Crippen LogP contribution in [0.2, 0.25) is 0 Å². The molecule has 1 amide bonds. The van der Waals surface area contributed by atoms with E-state index >= 15 is 0 Å². The molecule has 23 heavy (non-hydrogen) atoms. The summed E-state index contributed by atoms with van der Waals surface area (Å²) in [5.41, 5.74) is 0.924. The maximum Gasteiger partial charge on any atom is 0.234 e. The van der Waals surface area contributed by atoms with Gasteiger partial charge in [-0.05, 0) is 57.0 Å². The SMILES string of the molecule is COc1ccc(OC)c([C@@H](C)NC(=O)CN2CCC(C)CC2)c1. The molecule has 1 fully saturated rings. The number of methoxy groups -OCH3 is 2. The van der Waals surface area contributed by atoms with Crippen molar-refractivity contribution >= 4 is 5.91 Å². The van der Waals surface area contributed by atoms with Gasteiger partial charge in [0, 0.05) is 5.56 Å². The van der Waals surface area contributed by atoms with Crippen molar-refractivity contribution in [1.29, 1.82) is 0 Å². The van der Waals surface area contributed by atoms with Crippen molar-refractivity contribution in [3.63, 3.8) is 0 Å². The Hall–Kier alpha value is -1.75. The van der Waals surface area contributed by atoms with E-state index in [1.165, 1.54) is 12.8 Å². The summed E-state index contributed by atoms with van der Waals surface area (Å²) in [6, 6.07) is 5.50. The van der Waals surface area contributed by atoms with Crippen LogP contribution >= 0.6 is 0 Å². The van der Waals surface area contributed by atoms with Crippen molar-refractivity contribution in [3.8, 4) is 11.5 Å². The monoisotopic (exact) mass is 320 g/mol. The lowest BCUT2D eigenvalue weighted by Crippen LogP contribution is -2.41. The summed E-state index contributed by atoms with van der Waals surface area (Å²) < 4.78 is 10.7. The van der Waals surface area contributed by atoms with E-state index in [0.29, 0.717) is 6.54 Å². The molecule has 0 saturated carbocycles. The van der Waals surface area contributed by atoms with Gasteiger partial charge in [-0.15, -0.1) is 0 Å². The molecule has 5 nitrogen and oxygen atoms in total. The lowest BCUT2D eigenvalue weighted by Gasteiger charge is -2.30. The van der Waals surface area contributed by atoms with Gasteiger partial charge < -0.3 is 14.8 Å². The molecule has 1 atom stereocenters. The Morgan fingerprint density at radius 1 is 1.30 bits per heavy atom. The van der Waals surface area contributed by atoms with Crippen LogP contribution in [-0.4, -0.2) is 44.7 Å². The molecule has 2 rings (SSSR count). The van der Waals surface area contributed by atoms with Gasteiger partial charge >= 0.3 is 0 Å². The number of benzene rings is 1. The van der Waals surface area contributed by atoms with Crippen molar-refractivity contribution in [2.75, 3.05) is 33.9 Å². The maximum absolute atomic E-state index is 12.3. The number of hydrogen-bond acceptors (Lipinski definition) is 4. The normalized spacial score (nSPS) is 17.6. The van der Waals surface area contributed by atoms with Crippen LogP contribution in [-0.2, 0) is 4.79 Å². The maximum atomic E-state index is 12.3. The van der Waals surface area contributed by atoms with Crippen LogP contribution in [0.25, 0.3) is 0 Å². The predicted octanol–water partition coefficient (Wildman–Crippen LogP) is 2.61. The Morgan fingerprint density at radius 2 is 2.00 bits per heavy atom. The fourth-order valence-electron chi connectivity index (χ4n) is 2.97. The van der Waals surface area contributed by atoms with Crippen LogP contribution in [0.3, 0.4) is 0 Å². The topological polar surface area (TPSA) is 50.8 Å². The number of piperidine rings is 1. The van der Waals surface area contributed by atoms with E-state index in [2.05, 4.69) is 17.1 Å². The molecule has 0 spiro atoms. The smallest absolute Gasteiger partial charge is 0.234 e. The van der Waals surface area contributed by atoms with Gasteiger partial charge in [-0.25, -0.2) is 0 Å². The Balaban J connectivity index is 1.95. The Morgan fingerprint density at radius 3 is 2.61 bits per heavy atom. The molecule has 1 aromatic carbocycles. The molecule has 1 heterocycles. The Kier molecular flexibility index (Phi) is 6.28. The number of rotatable bonds is 6. The molecule has 128 valence electrons. The summed E-state index contributed by atoms with van der Waals surface area (Å²) in [5.74, 6) is 2.34. The van der Waals surface area contributed by atoms with E-state index in [9.17, 15) is 4.79 Å². The number of carbonyl (C=O) groups excluding carboxylic acids is 1. The van der Waals surface area contributed by atoms with Gasteiger partial charge in [0.15, 0.2) is 0 Å². The molecular formula is C18H28N2O3. The Bertz CT molecular complexity index is 525. The number of hydrogen-bond donors (Lipinski definition) is 1. The minimum atomic E-state index is -0.128. The van der Waals surface area contributed by atoms with Gasteiger partial charge in [-0.2, -0.15) is 0 Å². The van der Waals surface area contributed by atoms with E-state index in [1.807, 2.05) is 25.1 Å². The number of carbonyl (C=O) groups is 1. The van der Waals surface area contributed by atoms with Crippen molar-refractivity contribution < 1.29 is 14.3 Å². The molecule has 0 radical (unpaired) electrons. The van der Waals surface area contributed by atoms with Gasteiger partial charge in [-0.3, -0.25) is 9.69 Å². The first-order valence-electron chi connectivity index (χ1n) is 8.27. The fourth-order valence-corrected chi connectivity index (χ4v) is 2.97. The minimum Gasteiger partial charge on any atom is -0.497 e. The van der Waals surface area contributed by atoms with Crippen molar-refractivity contribution in [2.24, 2.45) is 5.92 Å². The summed E-state index contributed by atoms with van der Waals surface area (Å²) in [5, 5.41) is 3.06. The summed E-state index contributed by atoms with van der Waals surface area (Å²) in [6.07, 6.45) is 2.35. The third kappa shape index (κ3) is 4.86. The Labute approximate surface area is 139 Å².